The number of hydrogen-bond acceptors (Lipinski definition) is 3. The monoisotopic (exact) mass is 258 g/mol. The van der Waals surface area contributed by atoms with Gasteiger partial charge in [0.25, 0.3) is 0 Å². The summed E-state index contributed by atoms with van der Waals surface area (Å²) >= 11 is 3.12. The maximum Gasteiger partial charge on any atom is 1.00 e. The van der Waals surface area contributed by atoms with E-state index in [2.05, 4.69) is 15.9 Å². The van der Waals surface area contributed by atoms with Gasteiger partial charge in [0.15, 0.2) is 0 Å². The molecule has 0 bridgehead atoms. The fourth-order valence-electron chi connectivity index (χ4n) is 0.601. The van der Waals surface area contributed by atoms with Gasteiger partial charge in [-0.15, -0.1) is 0 Å². The van der Waals surface area contributed by atoms with Crippen molar-refractivity contribution in [2.45, 2.75) is 4.90 Å². The van der Waals surface area contributed by atoms with Gasteiger partial charge in [-0.3, -0.25) is 0 Å². The average Bonchev–Trinajstić information content (AvgIpc) is 1.86. The van der Waals surface area contributed by atoms with Crippen LogP contribution in [0.15, 0.2) is 33.6 Å². The smallest absolute Gasteiger partial charge is 0.744 e. The minimum atomic E-state index is -4.29. The van der Waals surface area contributed by atoms with E-state index < -0.39 is 10.1 Å². The quantitative estimate of drug-likeness (QED) is 0.449. The van der Waals surface area contributed by atoms with Gasteiger partial charge < -0.3 is 4.55 Å². The van der Waals surface area contributed by atoms with Crippen molar-refractivity contribution in [3.8, 4) is 0 Å². The van der Waals surface area contributed by atoms with E-state index in [-0.39, 0.29) is 34.5 Å². The second-order valence-electron chi connectivity index (χ2n) is 1.91. The minimum Gasteiger partial charge on any atom is -0.744 e. The zero-order valence-electron chi connectivity index (χ0n) is 6.32. The number of halogens is 1. The molecular weight excluding hydrogens is 255 g/mol. The molecule has 12 heavy (non-hydrogen) atoms. The molecule has 0 aromatic heterocycles. The Morgan fingerprint density at radius 3 is 1.92 bits per heavy atom. The molecular formula is C6H4BrNaO3S. The molecule has 0 N–H and O–H groups in total. The molecule has 60 valence electrons. The Balaban J connectivity index is 0.00000121. The molecule has 0 spiro atoms. The van der Waals surface area contributed by atoms with Crippen LogP contribution >= 0.6 is 15.9 Å². The molecule has 0 aliphatic heterocycles. The predicted molar refractivity (Wildman–Crippen MR) is 42.1 cm³/mol. The predicted octanol–water partition coefficient (Wildman–Crippen LogP) is -1.64. The van der Waals surface area contributed by atoms with Crippen molar-refractivity contribution < 1.29 is 42.5 Å². The van der Waals surface area contributed by atoms with Crippen LogP contribution in [0.5, 0.6) is 0 Å². The van der Waals surface area contributed by atoms with Crippen LogP contribution in [0.1, 0.15) is 0 Å². The fraction of sp³-hybridized carbons (Fsp3) is 0. The van der Waals surface area contributed by atoms with Crippen LogP contribution in [-0.4, -0.2) is 13.0 Å². The summed E-state index contributed by atoms with van der Waals surface area (Å²) in [5.41, 5.74) is 0. The molecule has 0 aliphatic rings. The largest absolute Gasteiger partial charge is 1.00 e. The zero-order valence-corrected chi connectivity index (χ0v) is 10.7. The third-order valence-corrected chi connectivity index (χ3v) is 2.48. The Morgan fingerprint density at radius 2 is 1.58 bits per heavy atom. The van der Waals surface area contributed by atoms with Crippen molar-refractivity contribution in [2.75, 3.05) is 0 Å². The van der Waals surface area contributed by atoms with Crippen molar-refractivity contribution in [2.24, 2.45) is 0 Å². The van der Waals surface area contributed by atoms with E-state index in [4.69, 9.17) is 0 Å². The molecule has 0 atom stereocenters. The van der Waals surface area contributed by atoms with E-state index in [9.17, 15) is 13.0 Å². The summed E-state index contributed by atoms with van der Waals surface area (Å²) in [5.74, 6) is 0. The third-order valence-electron chi connectivity index (χ3n) is 1.10. The molecule has 6 heteroatoms. The van der Waals surface area contributed by atoms with Crippen LogP contribution in [0.4, 0.5) is 0 Å². The number of hydrogen-bond donors (Lipinski definition) is 0. The molecule has 0 radical (unpaired) electrons. The maximum atomic E-state index is 10.4. The molecule has 0 aliphatic carbocycles. The Bertz CT molecular complexity index is 346. The van der Waals surface area contributed by atoms with Gasteiger partial charge in [-0.1, -0.05) is 15.9 Å². The first-order valence-corrected chi connectivity index (χ1v) is 4.92. The summed E-state index contributed by atoms with van der Waals surface area (Å²) in [7, 11) is -4.29. The van der Waals surface area contributed by atoms with Gasteiger partial charge in [-0.2, -0.15) is 0 Å². The van der Waals surface area contributed by atoms with Gasteiger partial charge in [0.2, 0.25) is 0 Å². The van der Waals surface area contributed by atoms with Crippen LogP contribution in [0.2, 0.25) is 0 Å². The van der Waals surface area contributed by atoms with Crippen molar-refractivity contribution >= 4 is 26.0 Å². The van der Waals surface area contributed by atoms with Crippen molar-refractivity contribution in [3.05, 3.63) is 28.7 Å². The first-order chi connectivity index (χ1) is 5.00. The normalized spacial score (nSPS) is 10.5. The zero-order chi connectivity index (χ0) is 8.48. The second kappa shape index (κ2) is 4.74. The van der Waals surface area contributed by atoms with E-state index in [1.54, 1.807) is 0 Å². The summed E-state index contributed by atoms with van der Waals surface area (Å²) in [5, 5.41) is 0. The van der Waals surface area contributed by atoms with E-state index >= 15 is 0 Å². The fourth-order valence-corrected chi connectivity index (χ4v) is 1.34. The van der Waals surface area contributed by atoms with Crippen molar-refractivity contribution in [1.82, 2.24) is 0 Å². The van der Waals surface area contributed by atoms with Gasteiger partial charge in [-0.25, -0.2) is 8.42 Å². The second-order valence-corrected chi connectivity index (χ2v) is 4.20. The van der Waals surface area contributed by atoms with Crippen LogP contribution in [0, 0.1) is 0 Å². The molecule has 0 saturated heterocycles. The van der Waals surface area contributed by atoms with Crippen LogP contribution < -0.4 is 29.6 Å². The van der Waals surface area contributed by atoms with Gasteiger partial charge in [-0.05, 0) is 24.3 Å². The van der Waals surface area contributed by atoms with Gasteiger partial charge in [0.1, 0.15) is 10.1 Å². The summed E-state index contributed by atoms with van der Waals surface area (Å²) < 4.78 is 31.9. The molecule has 0 saturated carbocycles. The molecule has 0 unspecified atom stereocenters. The molecule has 1 aromatic rings. The van der Waals surface area contributed by atoms with Crippen molar-refractivity contribution in [3.63, 3.8) is 0 Å². The molecule has 1 rings (SSSR count). The standard InChI is InChI=1S/C6H5BrO3S.Na/c7-5-1-3-6(4-2-5)11(8,9)10;/h1-4H,(H,8,9,10);/q;+1/p-1. The Kier molecular flexibility index (Phi) is 4.98. The van der Waals surface area contributed by atoms with Gasteiger partial charge in [0.05, 0.1) is 4.90 Å². The number of benzene rings is 1. The Morgan fingerprint density at radius 1 is 1.17 bits per heavy atom. The first-order valence-electron chi connectivity index (χ1n) is 2.71. The Hall–Kier alpha value is 0.610. The topological polar surface area (TPSA) is 57.2 Å². The summed E-state index contributed by atoms with van der Waals surface area (Å²) in [6, 6.07) is 5.52. The summed E-state index contributed by atoms with van der Waals surface area (Å²) in [6.07, 6.45) is 0. The molecule has 1 aromatic carbocycles. The van der Waals surface area contributed by atoms with Crippen LogP contribution in [-0.2, 0) is 10.1 Å². The van der Waals surface area contributed by atoms with Gasteiger partial charge >= 0.3 is 29.6 Å². The molecule has 0 heterocycles. The van der Waals surface area contributed by atoms with Crippen LogP contribution in [0.3, 0.4) is 0 Å². The van der Waals surface area contributed by atoms with E-state index in [1.165, 1.54) is 24.3 Å². The van der Waals surface area contributed by atoms with E-state index in [1.807, 2.05) is 0 Å². The van der Waals surface area contributed by atoms with E-state index in [0.717, 1.165) is 4.47 Å². The average molecular weight is 259 g/mol. The van der Waals surface area contributed by atoms with Gasteiger partial charge in [0, 0.05) is 4.47 Å². The SMILES string of the molecule is O=S(=O)([O-])c1ccc(Br)cc1.[Na+]. The molecule has 0 fully saturated rings. The number of rotatable bonds is 1. The molecule has 0 amide bonds. The maximum absolute atomic E-state index is 10.4. The summed E-state index contributed by atoms with van der Waals surface area (Å²) in [4.78, 5) is -0.208. The van der Waals surface area contributed by atoms with Crippen LogP contribution in [0.25, 0.3) is 0 Å². The molecule has 3 nitrogen and oxygen atoms in total. The first kappa shape index (κ1) is 12.6. The third kappa shape index (κ3) is 3.55. The minimum absolute atomic E-state index is 0. The Labute approximate surface area is 101 Å². The summed E-state index contributed by atoms with van der Waals surface area (Å²) in [6.45, 7) is 0. The van der Waals surface area contributed by atoms with Crippen molar-refractivity contribution in [1.29, 1.82) is 0 Å². The van der Waals surface area contributed by atoms with E-state index in [0.29, 0.717) is 0 Å².